The van der Waals surface area contributed by atoms with Crippen molar-refractivity contribution in [3.63, 3.8) is 0 Å². The maximum atomic E-state index is 13.0. The van der Waals surface area contributed by atoms with Crippen LogP contribution in [0.15, 0.2) is 28.6 Å². The van der Waals surface area contributed by atoms with Gasteiger partial charge in [0.1, 0.15) is 5.82 Å². The van der Waals surface area contributed by atoms with Crippen molar-refractivity contribution in [2.75, 3.05) is 24.2 Å². The molecule has 1 N–H and O–H groups in total. The molecule has 0 aliphatic carbocycles. The third-order valence-corrected chi connectivity index (χ3v) is 5.95. The maximum Gasteiger partial charge on any atom is 0.230 e. The van der Waals surface area contributed by atoms with E-state index in [1.807, 2.05) is 0 Å². The molecule has 134 valence electrons. The number of rotatable bonds is 6. The number of halogens is 1. The minimum Gasteiger partial charge on any atom is -0.300 e. The van der Waals surface area contributed by atoms with E-state index in [2.05, 4.69) is 27.3 Å². The van der Waals surface area contributed by atoms with Crippen LogP contribution in [0.2, 0.25) is 0 Å². The van der Waals surface area contributed by atoms with E-state index in [4.69, 9.17) is 0 Å². The standard InChI is InChI=1S/C17H21FN4OS2/c1-2-24-17-21-20-16(25-17)19-15(23)13-4-3-9-22(11-13)10-12-5-7-14(18)8-6-12/h5-8,13H,2-4,9-11H2,1H3,(H,19,20,23). The molecular weight excluding hydrogens is 359 g/mol. The highest BCUT2D eigenvalue weighted by Crippen LogP contribution is 2.26. The highest BCUT2D eigenvalue weighted by Gasteiger charge is 2.26. The number of carbonyl (C=O) groups is 1. The topological polar surface area (TPSA) is 58.1 Å². The Hall–Kier alpha value is -1.51. The van der Waals surface area contributed by atoms with Gasteiger partial charge in [-0.15, -0.1) is 10.2 Å². The third-order valence-electron chi connectivity index (χ3n) is 4.10. The predicted molar refractivity (Wildman–Crippen MR) is 99.3 cm³/mol. The van der Waals surface area contributed by atoms with Crippen LogP contribution in [0, 0.1) is 11.7 Å². The fourth-order valence-electron chi connectivity index (χ4n) is 2.91. The van der Waals surface area contributed by atoms with Crippen LogP contribution in [0.1, 0.15) is 25.3 Å². The molecular formula is C17H21FN4OS2. The summed E-state index contributed by atoms with van der Waals surface area (Å²) in [6, 6.07) is 6.55. The van der Waals surface area contributed by atoms with Gasteiger partial charge in [-0.05, 0) is 42.8 Å². The molecule has 1 fully saturated rings. The monoisotopic (exact) mass is 380 g/mol. The number of benzene rings is 1. The SMILES string of the molecule is CCSc1nnc(NC(=O)C2CCCN(Cc3ccc(F)cc3)C2)s1. The van der Waals surface area contributed by atoms with E-state index in [0.29, 0.717) is 11.7 Å². The minimum atomic E-state index is -0.225. The molecule has 1 saturated heterocycles. The Balaban J connectivity index is 1.54. The summed E-state index contributed by atoms with van der Waals surface area (Å²) in [6.45, 7) is 4.46. The summed E-state index contributed by atoms with van der Waals surface area (Å²) in [5, 5.41) is 11.6. The number of likely N-dealkylation sites (tertiary alicyclic amines) is 1. The fraction of sp³-hybridized carbons (Fsp3) is 0.471. The molecule has 0 radical (unpaired) electrons. The first kappa shape index (κ1) is 18.3. The average Bonchev–Trinajstić information content (AvgIpc) is 3.05. The lowest BCUT2D eigenvalue weighted by molar-refractivity contribution is -0.121. The number of anilines is 1. The summed E-state index contributed by atoms with van der Waals surface area (Å²) in [7, 11) is 0. The number of piperidine rings is 1. The highest BCUT2D eigenvalue weighted by molar-refractivity contribution is 8.01. The van der Waals surface area contributed by atoms with Crippen molar-refractivity contribution in [1.82, 2.24) is 15.1 Å². The van der Waals surface area contributed by atoms with Crippen LogP contribution in [-0.2, 0) is 11.3 Å². The van der Waals surface area contributed by atoms with Gasteiger partial charge in [0.25, 0.3) is 0 Å². The van der Waals surface area contributed by atoms with Gasteiger partial charge < -0.3 is 5.32 Å². The number of carbonyl (C=O) groups excluding carboxylic acids is 1. The van der Waals surface area contributed by atoms with E-state index >= 15 is 0 Å². The largest absolute Gasteiger partial charge is 0.300 e. The van der Waals surface area contributed by atoms with Crippen LogP contribution in [-0.4, -0.2) is 39.8 Å². The van der Waals surface area contributed by atoms with E-state index in [9.17, 15) is 9.18 Å². The number of thioether (sulfide) groups is 1. The molecule has 1 aromatic heterocycles. The van der Waals surface area contributed by atoms with Crippen LogP contribution in [0.5, 0.6) is 0 Å². The summed E-state index contributed by atoms with van der Waals surface area (Å²) in [5.41, 5.74) is 1.06. The van der Waals surface area contributed by atoms with Gasteiger partial charge in [0.05, 0.1) is 5.92 Å². The Kier molecular flexibility index (Phi) is 6.39. The van der Waals surface area contributed by atoms with Crippen molar-refractivity contribution in [2.45, 2.75) is 30.6 Å². The van der Waals surface area contributed by atoms with Crippen LogP contribution < -0.4 is 5.32 Å². The van der Waals surface area contributed by atoms with Crippen molar-refractivity contribution in [2.24, 2.45) is 5.92 Å². The molecule has 1 aromatic carbocycles. The molecule has 0 spiro atoms. The first-order chi connectivity index (χ1) is 12.1. The van der Waals surface area contributed by atoms with Crippen molar-refractivity contribution in [1.29, 1.82) is 0 Å². The molecule has 0 saturated carbocycles. The van der Waals surface area contributed by atoms with Crippen LogP contribution in [0.4, 0.5) is 9.52 Å². The first-order valence-corrected chi connectivity index (χ1v) is 10.2. The number of hydrogen-bond acceptors (Lipinski definition) is 6. The maximum absolute atomic E-state index is 13.0. The predicted octanol–water partition coefficient (Wildman–Crippen LogP) is 3.64. The summed E-state index contributed by atoms with van der Waals surface area (Å²) < 4.78 is 13.9. The van der Waals surface area contributed by atoms with Gasteiger partial charge in [0, 0.05) is 13.1 Å². The molecule has 1 unspecified atom stereocenters. The molecule has 1 aliphatic rings. The van der Waals surface area contributed by atoms with Gasteiger partial charge in [-0.1, -0.05) is 42.2 Å². The van der Waals surface area contributed by atoms with Crippen molar-refractivity contribution >= 4 is 34.1 Å². The fourth-order valence-corrected chi connectivity index (χ4v) is 4.56. The number of amides is 1. The van der Waals surface area contributed by atoms with Crippen LogP contribution in [0.25, 0.3) is 0 Å². The molecule has 3 rings (SSSR count). The molecule has 0 bridgehead atoms. The minimum absolute atomic E-state index is 0.00741. The van der Waals surface area contributed by atoms with Gasteiger partial charge in [-0.25, -0.2) is 4.39 Å². The average molecular weight is 381 g/mol. The third kappa shape index (κ3) is 5.23. The van der Waals surface area contributed by atoms with Crippen LogP contribution in [0.3, 0.4) is 0 Å². The second-order valence-electron chi connectivity index (χ2n) is 6.00. The normalized spacial score (nSPS) is 18.2. The summed E-state index contributed by atoms with van der Waals surface area (Å²) in [5.74, 6) is 0.662. The Labute approximate surface area is 155 Å². The lowest BCUT2D eigenvalue weighted by Gasteiger charge is -2.31. The Morgan fingerprint density at radius 1 is 1.40 bits per heavy atom. The second kappa shape index (κ2) is 8.73. The Morgan fingerprint density at radius 3 is 2.96 bits per heavy atom. The Bertz CT molecular complexity index is 707. The van der Waals surface area contributed by atoms with E-state index in [0.717, 1.165) is 41.6 Å². The van der Waals surface area contributed by atoms with Crippen molar-refractivity contribution in [3.8, 4) is 0 Å². The molecule has 2 aromatic rings. The first-order valence-electron chi connectivity index (χ1n) is 8.38. The molecule has 8 heteroatoms. The van der Waals surface area contributed by atoms with E-state index in [1.54, 1.807) is 23.9 Å². The van der Waals surface area contributed by atoms with Gasteiger partial charge in [-0.2, -0.15) is 0 Å². The number of nitrogens with one attached hydrogen (secondary N) is 1. The van der Waals surface area contributed by atoms with E-state index < -0.39 is 0 Å². The van der Waals surface area contributed by atoms with Crippen LogP contribution >= 0.6 is 23.1 Å². The number of nitrogens with zero attached hydrogens (tertiary/aromatic N) is 3. The quantitative estimate of drug-likeness (QED) is 0.612. The summed E-state index contributed by atoms with van der Waals surface area (Å²) in [4.78, 5) is 14.8. The lowest BCUT2D eigenvalue weighted by Crippen LogP contribution is -2.40. The molecule has 5 nitrogen and oxygen atoms in total. The molecule has 2 heterocycles. The molecule has 1 amide bonds. The zero-order chi connectivity index (χ0) is 17.6. The van der Waals surface area contributed by atoms with E-state index in [-0.39, 0.29) is 17.6 Å². The van der Waals surface area contributed by atoms with Crippen molar-refractivity contribution in [3.05, 3.63) is 35.6 Å². The lowest BCUT2D eigenvalue weighted by atomic mass is 9.97. The molecule has 1 atom stereocenters. The zero-order valence-corrected chi connectivity index (χ0v) is 15.7. The molecule has 25 heavy (non-hydrogen) atoms. The second-order valence-corrected chi connectivity index (χ2v) is 8.48. The Morgan fingerprint density at radius 2 is 2.20 bits per heavy atom. The van der Waals surface area contributed by atoms with Crippen molar-refractivity contribution < 1.29 is 9.18 Å². The molecule has 1 aliphatic heterocycles. The van der Waals surface area contributed by atoms with Gasteiger partial charge >= 0.3 is 0 Å². The zero-order valence-electron chi connectivity index (χ0n) is 14.1. The van der Waals surface area contributed by atoms with Gasteiger partial charge in [0.2, 0.25) is 11.0 Å². The van der Waals surface area contributed by atoms with E-state index in [1.165, 1.54) is 23.5 Å². The number of hydrogen-bond donors (Lipinski definition) is 1. The van der Waals surface area contributed by atoms with Gasteiger partial charge in [-0.3, -0.25) is 9.69 Å². The highest BCUT2D eigenvalue weighted by atomic mass is 32.2. The summed E-state index contributed by atoms with van der Waals surface area (Å²) >= 11 is 3.03. The summed E-state index contributed by atoms with van der Waals surface area (Å²) in [6.07, 6.45) is 1.85. The smallest absolute Gasteiger partial charge is 0.230 e. The van der Waals surface area contributed by atoms with Gasteiger partial charge in [0.15, 0.2) is 4.34 Å². The number of aromatic nitrogens is 2.